The van der Waals surface area contributed by atoms with Crippen molar-refractivity contribution in [3.63, 3.8) is 0 Å². The Balaban J connectivity index is 1.58. The monoisotopic (exact) mass is 289 g/mol. The molecular weight excluding hydrogens is 270 g/mol. The number of thiophene rings is 2. The van der Waals surface area contributed by atoms with Crippen LogP contribution in [0.4, 0.5) is 0 Å². The molecule has 4 rings (SSSR count). The molecule has 0 saturated carbocycles. The Morgan fingerprint density at radius 1 is 0.842 bits per heavy atom. The van der Waals surface area contributed by atoms with Crippen LogP contribution in [0.25, 0.3) is 0 Å². The van der Waals surface area contributed by atoms with Crippen molar-refractivity contribution >= 4 is 22.7 Å². The van der Waals surface area contributed by atoms with Gasteiger partial charge in [0, 0.05) is 21.8 Å². The highest BCUT2D eigenvalue weighted by molar-refractivity contribution is 7.10. The third-order valence-corrected chi connectivity index (χ3v) is 6.50. The van der Waals surface area contributed by atoms with Crippen molar-refractivity contribution in [3.8, 4) is 0 Å². The summed E-state index contributed by atoms with van der Waals surface area (Å²) in [5, 5.41) is 8.49. The normalized spacial score (nSPS) is 25.9. The lowest BCUT2D eigenvalue weighted by molar-refractivity contribution is 0.373. The average molecular weight is 289 g/mol. The van der Waals surface area contributed by atoms with Crippen LogP contribution < -0.4 is 5.32 Å². The first-order valence-corrected chi connectivity index (χ1v) is 9.06. The Hall–Kier alpha value is -0.640. The fourth-order valence-corrected chi connectivity index (χ4v) is 5.54. The predicted molar refractivity (Wildman–Crippen MR) is 83.1 cm³/mol. The molecule has 2 aliphatic rings. The molecule has 0 saturated heterocycles. The number of rotatable bonds is 2. The highest BCUT2D eigenvalue weighted by Crippen LogP contribution is 2.38. The summed E-state index contributed by atoms with van der Waals surface area (Å²) in [6.45, 7) is 0. The van der Waals surface area contributed by atoms with Crippen molar-refractivity contribution in [2.24, 2.45) is 0 Å². The number of hydrogen-bond acceptors (Lipinski definition) is 3. The molecule has 19 heavy (non-hydrogen) atoms. The third kappa shape index (κ3) is 2.18. The summed E-state index contributed by atoms with van der Waals surface area (Å²) in [7, 11) is 0. The van der Waals surface area contributed by atoms with Crippen LogP contribution in [0.5, 0.6) is 0 Å². The highest BCUT2D eigenvalue weighted by Gasteiger charge is 2.27. The van der Waals surface area contributed by atoms with E-state index in [9.17, 15) is 0 Å². The number of fused-ring (bicyclic) bond motifs is 2. The molecule has 0 fully saturated rings. The molecule has 100 valence electrons. The van der Waals surface area contributed by atoms with Gasteiger partial charge in [-0.15, -0.1) is 22.7 Å². The van der Waals surface area contributed by atoms with E-state index in [-0.39, 0.29) is 0 Å². The number of nitrogens with one attached hydrogen (secondary N) is 1. The van der Waals surface area contributed by atoms with Crippen LogP contribution in [0, 0.1) is 0 Å². The van der Waals surface area contributed by atoms with E-state index in [1.54, 1.807) is 20.9 Å². The first-order chi connectivity index (χ1) is 9.42. The molecule has 1 N–H and O–H groups in total. The van der Waals surface area contributed by atoms with Crippen molar-refractivity contribution in [2.75, 3.05) is 0 Å². The van der Waals surface area contributed by atoms with E-state index in [1.165, 1.54) is 38.5 Å². The molecule has 2 aromatic heterocycles. The third-order valence-electron chi connectivity index (χ3n) is 4.51. The molecule has 1 nitrogen and oxygen atoms in total. The Bertz CT molecular complexity index is 519. The molecule has 2 atom stereocenters. The van der Waals surface area contributed by atoms with Gasteiger partial charge < -0.3 is 5.32 Å². The van der Waals surface area contributed by atoms with Crippen LogP contribution in [0.15, 0.2) is 22.9 Å². The Morgan fingerprint density at radius 2 is 1.37 bits per heavy atom. The predicted octanol–water partition coefficient (Wildman–Crippen LogP) is 4.85. The zero-order valence-corrected chi connectivity index (χ0v) is 12.7. The average Bonchev–Trinajstić information content (AvgIpc) is 3.08. The maximum absolute atomic E-state index is 3.96. The Labute approximate surface area is 122 Å². The van der Waals surface area contributed by atoms with Gasteiger partial charge in [-0.05, 0) is 72.5 Å². The first-order valence-electron chi connectivity index (χ1n) is 7.30. The molecule has 2 unspecified atom stereocenters. The maximum atomic E-state index is 3.96. The fraction of sp³-hybridized carbons (Fsp3) is 0.500. The van der Waals surface area contributed by atoms with Crippen LogP contribution in [0.1, 0.15) is 58.6 Å². The van der Waals surface area contributed by atoms with Gasteiger partial charge in [-0.25, -0.2) is 0 Å². The van der Waals surface area contributed by atoms with Gasteiger partial charge in [-0.3, -0.25) is 0 Å². The zero-order valence-electron chi connectivity index (χ0n) is 11.0. The summed E-state index contributed by atoms with van der Waals surface area (Å²) in [5.74, 6) is 0. The van der Waals surface area contributed by atoms with Gasteiger partial charge in [-0.1, -0.05) is 0 Å². The van der Waals surface area contributed by atoms with Crippen LogP contribution in [0.2, 0.25) is 0 Å². The van der Waals surface area contributed by atoms with Gasteiger partial charge >= 0.3 is 0 Å². The van der Waals surface area contributed by atoms with E-state index in [0.29, 0.717) is 12.1 Å². The minimum absolute atomic E-state index is 0.589. The van der Waals surface area contributed by atoms with E-state index in [0.717, 1.165) is 0 Å². The second-order valence-corrected chi connectivity index (χ2v) is 7.66. The molecule has 3 heteroatoms. The van der Waals surface area contributed by atoms with Gasteiger partial charge in [0.1, 0.15) is 0 Å². The molecule has 0 radical (unpaired) electrons. The van der Waals surface area contributed by atoms with Crippen molar-refractivity contribution in [3.05, 3.63) is 43.8 Å². The summed E-state index contributed by atoms with van der Waals surface area (Å²) in [5.41, 5.74) is 3.16. The molecular formula is C16H19NS2. The first kappa shape index (κ1) is 12.1. The van der Waals surface area contributed by atoms with E-state index in [2.05, 4.69) is 28.2 Å². The zero-order chi connectivity index (χ0) is 12.7. The number of hydrogen-bond donors (Lipinski definition) is 1. The Kier molecular flexibility index (Phi) is 3.22. The second-order valence-electron chi connectivity index (χ2n) is 5.65. The van der Waals surface area contributed by atoms with Gasteiger partial charge in [-0.2, -0.15) is 0 Å². The van der Waals surface area contributed by atoms with Crippen molar-refractivity contribution < 1.29 is 0 Å². The smallest absolute Gasteiger partial charge is 0.0336 e. The summed E-state index contributed by atoms with van der Waals surface area (Å²) in [6.07, 6.45) is 7.88. The van der Waals surface area contributed by atoms with Crippen LogP contribution in [-0.2, 0) is 12.8 Å². The van der Waals surface area contributed by atoms with Crippen molar-refractivity contribution in [1.82, 2.24) is 5.32 Å². The van der Waals surface area contributed by atoms with Gasteiger partial charge in [0.15, 0.2) is 0 Å². The minimum Gasteiger partial charge on any atom is -0.303 e. The molecule has 0 spiro atoms. The van der Waals surface area contributed by atoms with Gasteiger partial charge in [0.05, 0.1) is 0 Å². The quantitative estimate of drug-likeness (QED) is 0.833. The summed E-state index contributed by atoms with van der Waals surface area (Å²) < 4.78 is 0. The molecule has 0 amide bonds. The van der Waals surface area contributed by atoms with E-state index in [4.69, 9.17) is 0 Å². The highest BCUT2D eigenvalue weighted by atomic mass is 32.1. The lowest BCUT2D eigenvalue weighted by Gasteiger charge is -2.31. The van der Waals surface area contributed by atoms with E-state index in [1.807, 2.05) is 22.7 Å². The fourth-order valence-electron chi connectivity index (χ4n) is 3.56. The number of aryl methyl sites for hydroxylation is 2. The maximum Gasteiger partial charge on any atom is 0.0336 e. The Morgan fingerprint density at radius 3 is 1.89 bits per heavy atom. The lowest BCUT2D eigenvalue weighted by atomic mass is 9.89. The minimum atomic E-state index is 0.589. The lowest BCUT2D eigenvalue weighted by Crippen LogP contribution is -2.30. The molecule has 2 aromatic rings. The molecule has 0 aliphatic heterocycles. The summed E-state index contributed by atoms with van der Waals surface area (Å²) >= 11 is 3.88. The summed E-state index contributed by atoms with van der Waals surface area (Å²) in [6, 6.07) is 5.86. The van der Waals surface area contributed by atoms with Crippen molar-refractivity contribution in [2.45, 2.75) is 50.6 Å². The molecule has 2 heterocycles. The van der Waals surface area contributed by atoms with Crippen LogP contribution >= 0.6 is 22.7 Å². The van der Waals surface area contributed by atoms with Crippen molar-refractivity contribution in [1.29, 1.82) is 0 Å². The standard InChI is InChI=1S/C16H19NS2/c1-3-13(11-7-9-18-15(11)5-1)17-14-4-2-6-16-12(14)8-10-19-16/h7-10,13-14,17H,1-6H2. The van der Waals surface area contributed by atoms with Crippen LogP contribution in [-0.4, -0.2) is 0 Å². The largest absolute Gasteiger partial charge is 0.303 e. The van der Waals surface area contributed by atoms with Crippen LogP contribution in [0.3, 0.4) is 0 Å². The molecule has 2 aliphatic carbocycles. The van der Waals surface area contributed by atoms with Gasteiger partial charge in [0.25, 0.3) is 0 Å². The molecule has 0 bridgehead atoms. The van der Waals surface area contributed by atoms with E-state index < -0.39 is 0 Å². The van der Waals surface area contributed by atoms with E-state index >= 15 is 0 Å². The molecule has 0 aromatic carbocycles. The summed E-state index contributed by atoms with van der Waals surface area (Å²) in [4.78, 5) is 3.23. The van der Waals surface area contributed by atoms with Gasteiger partial charge in [0.2, 0.25) is 0 Å². The second kappa shape index (κ2) is 5.04. The SMILES string of the molecule is c1cc2c(s1)CCCC2NC1CCCc2sccc21. The topological polar surface area (TPSA) is 12.0 Å².